The Hall–Kier alpha value is -2.74. The molecule has 32 heavy (non-hydrogen) atoms. The highest BCUT2D eigenvalue weighted by molar-refractivity contribution is 7.92. The van der Waals surface area contributed by atoms with Crippen molar-refractivity contribution in [2.24, 2.45) is 0 Å². The second-order valence-electron chi connectivity index (χ2n) is 6.96. The minimum atomic E-state index is -3.99. The maximum Gasteiger partial charge on any atom is 0.264 e. The van der Waals surface area contributed by atoms with E-state index in [1.54, 1.807) is 54.6 Å². The lowest BCUT2D eigenvalue weighted by molar-refractivity contribution is -0.119. The quantitative estimate of drug-likeness (QED) is 0.439. The fourth-order valence-electron chi connectivity index (χ4n) is 2.86. The van der Waals surface area contributed by atoms with Crippen molar-refractivity contribution >= 4 is 44.8 Å². The number of aryl methyl sites for hydroxylation is 1. The molecule has 0 bridgehead atoms. The molecule has 3 rings (SSSR count). The molecule has 0 saturated heterocycles. The van der Waals surface area contributed by atoms with Gasteiger partial charge < -0.3 is 10.1 Å². The minimum absolute atomic E-state index is 0.0851. The standard InChI is InChI=1S/C23H22Cl2N2O4S/c1-17-5-11-22(12-6-17)32(29,30)27(20-4-2-3-19(25)15-20)16-23(28)26-13-14-31-21-9-7-18(24)8-10-21/h2-12,15H,13-14,16H2,1H3,(H,26,28). The smallest absolute Gasteiger partial charge is 0.264 e. The van der Waals surface area contributed by atoms with E-state index in [1.165, 1.54) is 18.2 Å². The summed E-state index contributed by atoms with van der Waals surface area (Å²) in [6, 6.07) is 19.7. The first-order valence-electron chi connectivity index (χ1n) is 9.76. The van der Waals surface area contributed by atoms with E-state index >= 15 is 0 Å². The number of carbonyl (C=O) groups excluding carboxylic acids is 1. The van der Waals surface area contributed by atoms with Crippen LogP contribution in [0, 0.1) is 6.92 Å². The van der Waals surface area contributed by atoms with Gasteiger partial charge in [0.15, 0.2) is 0 Å². The molecule has 0 saturated carbocycles. The number of amides is 1. The molecule has 0 unspecified atom stereocenters. The molecule has 0 aromatic heterocycles. The molecule has 0 spiro atoms. The molecule has 168 valence electrons. The normalized spacial score (nSPS) is 11.1. The van der Waals surface area contributed by atoms with Crippen molar-refractivity contribution in [2.45, 2.75) is 11.8 Å². The number of hydrogen-bond donors (Lipinski definition) is 1. The van der Waals surface area contributed by atoms with E-state index in [4.69, 9.17) is 27.9 Å². The van der Waals surface area contributed by atoms with Gasteiger partial charge in [-0.05, 0) is 61.5 Å². The molecular weight excluding hydrogens is 471 g/mol. The van der Waals surface area contributed by atoms with E-state index in [0.29, 0.717) is 21.5 Å². The minimum Gasteiger partial charge on any atom is -0.492 e. The van der Waals surface area contributed by atoms with Crippen molar-refractivity contribution in [3.63, 3.8) is 0 Å². The summed E-state index contributed by atoms with van der Waals surface area (Å²) in [4.78, 5) is 12.7. The van der Waals surface area contributed by atoms with Crippen molar-refractivity contribution in [3.8, 4) is 5.75 Å². The van der Waals surface area contributed by atoms with Gasteiger partial charge in [-0.2, -0.15) is 0 Å². The maximum absolute atomic E-state index is 13.3. The van der Waals surface area contributed by atoms with E-state index in [9.17, 15) is 13.2 Å². The monoisotopic (exact) mass is 492 g/mol. The van der Waals surface area contributed by atoms with Crippen LogP contribution in [0.4, 0.5) is 5.69 Å². The van der Waals surface area contributed by atoms with E-state index in [0.717, 1.165) is 9.87 Å². The van der Waals surface area contributed by atoms with Crippen LogP contribution in [0.25, 0.3) is 0 Å². The number of benzene rings is 3. The molecule has 9 heteroatoms. The van der Waals surface area contributed by atoms with E-state index < -0.39 is 22.5 Å². The summed E-state index contributed by atoms with van der Waals surface area (Å²) < 4.78 is 33.2. The number of anilines is 1. The lowest BCUT2D eigenvalue weighted by atomic mass is 10.2. The highest BCUT2D eigenvalue weighted by atomic mass is 35.5. The zero-order valence-corrected chi connectivity index (χ0v) is 19.6. The molecule has 0 radical (unpaired) electrons. The van der Waals surface area contributed by atoms with Gasteiger partial charge in [-0.1, -0.05) is 47.0 Å². The number of hydrogen-bond acceptors (Lipinski definition) is 4. The number of ether oxygens (including phenoxy) is 1. The fourth-order valence-corrected chi connectivity index (χ4v) is 4.58. The molecule has 0 atom stereocenters. The average molecular weight is 493 g/mol. The van der Waals surface area contributed by atoms with E-state index in [-0.39, 0.29) is 18.0 Å². The summed E-state index contributed by atoms with van der Waals surface area (Å²) in [5.74, 6) is 0.145. The van der Waals surface area contributed by atoms with Crippen molar-refractivity contribution in [2.75, 3.05) is 24.0 Å². The third kappa shape index (κ3) is 6.38. The molecule has 1 amide bonds. The number of halogens is 2. The topological polar surface area (TPSA) is 75.7 Å². The highest BCUT2D eigenvalue weighted by Crippen LogP contribution is 2.26. The van der Waals surface area contributed by atoms with Gasteiger partial charge in [0, 0.05) is 10.0 Å². The zero-order valence-electron chi connectivity index (χ0n) is 17.3. The van der Waals surface area contributed by atoms with Gasteiger partial charge in [0.25, 0.3) is 10.0 Å². The summed E-state index contributed by atoms with van der Waals surface area (Å²) >= 11 is 11.9. The number of sulfonamides is 1. The molecule has 0 aliphatic heterocycles. The van der Waals surface area contributed by atoms with Crippen LogP contribution in [-0.2, 0) is 14.8 Å². The molecule has 3 aromatic carbocycles. The van der Waals surface area contributed by atoms with Crippen LogP contribution in [0.15, 0.2) is 77.7 Å². The predicted octanol–water partition coefficient (Wildman–Crippen LogP) is 4.69. The van der Waals surface area contributed by atoms with Crippen LogP contribution < -0.4 is 14.4 Å². The Bertz CT molecular complexity index is 1170. The van der Waals surface area contributed by atoms with Gasteiger partial charge in [0.2, 0.25) is 5.91 Å². The van der Waals surface area contributed by atoms with Crippen LogP contribution in [0.2, 0.25) is 10.0 Å². The lowest BCUT2D eigenvalue weighted by Crippen LogP contribution is -2.41. The number of carbonyl (C=O) groups is 1. The van der Waals surface area contributed by atoms with Crippen molar-refractivity contribution in [1.82, 2.24) is 5.32 Å². The van der Waals surface area contributed by atoms with Crippen LogP contribution in [0.1, 0.15) is 5.56 Å². The Morgan fingerprint density at radius 3 is 2.31 bits per heavy atom. The van der Waals surface area contributed by atoms with Gasteiger partial charge in [-0.15, -0.1) is 0 Å². The highest BCUT2D eigenvalue weighted by Gasteiger charge is 2.27. The lowest BCUT2D eigenvalue weighted by Gasteiger charge is -2.24. The zero-order chi connectivity index (χ0) is 23.1. The van der Waals surface area contributed by atoms with Gasteiger partial charge in [-0.3, -0.25) is 9.10 Å². The average Bonchev–Trinajstić information content (AvgIpc) is 2.76. The van der Waals surface area contributed by atoms with Gasteiger partial charge in [-0.25, -0.2) is 8.42 Å². The molecule has 0 aliphatic rings. The van der Waals surface area contributed by atoms with Gasteiger partial charge in [0.05, 0.1) is 17.1 Å². The molecule has 3 aromatic rings. The van der Waals surface area contributed by atoms with Crippen LogP contribution in [0.3, 0.4) is 0 Å². The summed E-state index contributed by atoms with van der Waals surface area (Å²) in [5, 5.41) is 3.65. The largest absolute Gasteiger partial charge is 0.492 e. The Morgan fingerprint density at radius 2 is 1.66 bits per heavy atom. The Morgan fingerprint density at radius 1 is 0.969 bits per heavy atom. The Kier molecular flexibility index (Phi) is 8.01. The summed E-state index contributed by atoms with van der Waals surface area (Å²) in [6.45, 7) is 1.88. The van der Waals surface area contributed by atoms with Crippen LogP contribution >= 0.6 is 23.2 Å². The molecule has 0 fully saturated rings. The van der Waals surface area contributed by atoms with Crippen molar-refractivity contribution in [3.05, 3.63) is 88.4 Å². The third-order valence-electron chi connectivity index (χ3n) is 4.50. The van der Waals surface area contributed by atoms with Gasteiger partial charge in [0.1, 0.15) is 18.9 Å². The third-order valence-corrected chi connectivity index (χ3v) is 6.77. The van der Waals surface area contributed by atoms with E-state index in [2.05, 4.69) is 5.32 Å². The molecule has 1 N–H and O–H groups in total. The van der Waals surface area contributed by atoms with Gasteiger partial charge >= 0.3 is 0 Å². The molecule has 0 aliphatic carbocycles. The first-order valence-corrected chi connectivity index (χ1v) is 12.0. The molecule has 6 nitrogen and oxygen atoms in total. The van der Waals surface area contributed by atoms with Crippen LogP contribution in [0.5, 0.6) is 5.75 Å². The predicted molar refractivity (Wildman–Crippen MR) is 127 cm³/mol. The van der Waals surface area contributed by atoms with Crippen molar-refractivity contribution < 1.29 is 17.9 Å². The second-order valence-corrected chi connectivity index (χ2v) is 9.69. The van der Waals surface area contributed by atoms with Crippen LogP contribution in [-0.4, -0.2) is 34.0 Å². The van der Waals surface area contributed by atoms with E-state index in [1.807, 2.05) is 6.92 Å². The second kappa shape index (κ2) is 10.7. The summed E-state index contributed by atoms with van der Waals surface area (Å²) in [7, 11) is -3.99. The summed E-state index contributed by atoms with van der Waals surface area (Å²) in [5.41, 5.74) is 1.22. The Balaban J connectivity index is 1.70. The van der Waals surface area contributed by atoms with Crippen molar-refractivity contribution in [1.29, 1.82) is 0 Å². The first-order chi connectivity index (χ1) is 15.3. The summed E-state index contributed by atoms with van der Waals surface area (Å²) in [6.07, 6.45) is 0. The number of rotatable bonds is 9. The first kappa shape index (κ1) is 23.9. The Labute approximate surface area is 197 Å². The molecular formula is C23H22Cl2N2O4S. The maximum atomic E-state index is 13.3. The number of nitrogens with one attached hydrogen (secondary N) is 1. The fraction of sp³-hybridized carbons (Fsp3) is 0.174. The SMILES string of the molecule is Cc1ccc(S(=O)(=O)N(CC(=O)NCCOc2ccc(Cl)cc2)c2cccc(Cl)c2)cc1. The molecule has 0 heterocycles. The number of nitrogens with zero attached hydrogens (tertiary/aromatic N) is 1.